The number of rotatable bonds is 6. The number of morpholine rings is 1. The van der Waals surface area contributed by atoms with Crippen LogP contribution in [0.5, 0.6) is 0 Å². The van der Waals surface area contributed by atoms with Crippen LogP contribution in [0.3, 0.4) is 0 Å². The lowest BCUT2D eigenvalue weighted by atomic mass is 10.1. The van der Waals surface area contributed by atoms with Gasteiger partial charge in [0, 0.05) is 32.0 Å². The fraction of sp³-hybridized carbons (Fsp3) is 0.400. The second-order valence-corrected chi connectivity index (χ2v) is 7.11. The quantitative estimate of drug-likeness (QED) is 0.838. The predicted molar refractivity (Wildman–Crippen MR) is 85.9 cm³/mol. The molecule has 0 bridgehead atoms. The monoisotopic (exact) mass is 336 g/mol. The molecular weight excluding hydrogens is 316 g/mol. The topological polar surface area (TPSA) is 76.5 Å². The first-order valence-corrected chi connectivity index (χ1v) is 8.95. The molecule has 8 heteroatoms. The standard InChI is InChI=1S/C15H20N4O3S/c20-23(21,19-8-10-22-11-9-19)17-12-14-2-4-15(5-3-14)13-18-7-1-6-16-18/h1-7,17H,8-13H2. The van der Waals surface area contributed by atoms with E-state index in [2.05, 4.69) is 9.82 Å². The highest BCUT2D eigenvalue weighted by molar-refractivity contribution is 7.87. The van der Waals surface area contributed by atoms with Gasteiger partial charge < -0.3 is 4.74 Å². The number of ether oxygens (including phenoxy) is 1. The van der Waals surface area contributed by atoms with Crippen LogP contribution in [-0.2, 0) is 28.0 Å². The number of benzene rings is 1. The van der Waals surface area contributed by atoms with Crippen molar-refractivity contribution in [3.05, 3.63) is 53.9 Å². The molecule has 1 aromatic carbocycles. The molecule has 0 atom stereocenters. The molecule has 0 unspecified atom stereocenters. The number of hydrogen-bond donors (Lipinski definition) is 1. The molecule has 0 spiro atoms. The summed E-state index contributed by atoms with van der Waals surface area (Å²) in [5, 5.41) is 4.16. The number of aromatic nitrogens is 2. The molecule has 23 heavy (non-hydrogen) atoms. The van der Waals surface area contributed by atoms with E-state index in [1.165, 1.54) is 4.31 Å². The van der Waals surface area contributed by atoms with Crippen LogP contribution in [0.15, 0.2) is 42.7 Å². The van der Waals surface area contributed by atoms with Crippen LogP contribution in [0.2, 0.25) is 0 Å². The van der Waals surface area contributed by atoms with Crippen molar-refractivity contribution in [3.63, 3.8) is 0 Å². The van der Waals surface area contributed by atoms with Crippen LogP contribution in [-0.4, -0.2) is 48.8 Å². The zero-order chi connectivity index (χ0) is 16.1. The Balaban J connectivity index is 1.55. The molecule has 0 saturated carbocycles. The average Bonchev–Trinajstić information content (AvgIpc) is 3.08. The number of nitrogens with zero attached hydrogens (tertiary/aromatic N) is 3. The highest BCUT2D eigenvalue weighted by Gasteiger charge is 2.23. The molecule has 2 heterocycles. The molecule has 7 nitrogen and oxygen atoms in total. The third kappa shape index (κ3) is 4.38. The predicted octanol–water partition coefficient (Wildman–Crippen LogP) is 0.598. The maximum atomic E-state index is 12.2. The van der Waals surface area contributed by atoms with Crippen molar-refractivity contribution in [1.82, 2.24) is 18.8 Å². The van der Waals surface area contributed by atoms with Crippen molar-refractivity contribution in [2.45, 2.75) is 13.1 Å². The first-order valence-electron chi connectivity index (χ1n) is 7.51. The SMILES string of the molecule is O=S(=O)(NCc1ccc(Cn2cccn2)cc1)N1CCOCC1. The zero-order valence-electron chi connectivity index (χ0n) is 12.8. The van der Waals surface area contributed by atoms with Gasteiger partial charge in [0.05, 0.1) is 19.8 Å². The third-order valence-electron chi connectivity index (χ3n) is 3.70. The maximum absolute atomic E-state index is 12.2. The fourth-order valence-corrected chi connectivity index (χ4v) is 3.56. The third-order valence-corrected chi connectivity index (χ3v) is 5.25. The second kappa shape index (κ2) is 7.22. The van der Waals surface area contributed by atoms with E-state index in [0.717, 1.165) is 11.1 Å². The Kier molecular flexibility index (Phi) is 5.06. The molecule has 1 aliphatic rings. The molecule has 1 fully saturated rings. The molecular formula is C15H20N4O3S. The molecule has 0 amide bonds. The van der Waals surface area contributed by atoms with Crippen LogP contribution < -0.4 is 4.72 Å². The van der Waals surface area contributed by atoms with Crippen LogP contribution >= 0.6 is 0 Å². The van der Waals surface area contributed by atoms with E-state index < -0.39 is 10.2 Å². The van der Waals surface area contributed by atoms with Crippen LogP contribution in [0.25, 0.3) is 0 Å². The van der Waals surface area contributed by atoms with Crippen molar-refractivity contribution in [1.29, 1.82) is 0 Å². The molecule has 0 aliphatic carbocycles. The van der Waals surface area contributed by atoms with Crippen LogP contribution in [0.1, 0.15) is 11.1 Å². The van der Waals surface area contributed by atoms with Gasteiger partial charge in [-0.15, -0.1) is 0 Å². The largest absolute Gasteiger partial charge is 0.379 e. The van der Waals surface area contributed by atoms with E-state index in [0.29, 0.717) is 32.8 Å². The summed E-state index contributed by atoms with van der Waals surface area (Å²) in [7, 11) is -3.44. The zero-order valence-corrected chi connectivity index (χ0v) is 13.6. The molecule has 1 saturated heterocycles. The van der Waals surface area contributed by atoms with E-state index in [-0.39, 0.29) is 6.54 Å². The van der Waals surface area contributed by atoms with Crippen molar-refractivity contribution < 1.29 is 13.2 Å². The van der Waals surface area contributed by atoms with Gasteiger partial charge in [0.15, 0.2) is 0 Å². The number of hydrogen-bond acceptors (Lipinski definition) is 4. The number of nitrogens with one attached hydrogen (secondary N) is 1. The summed E-state index contributed by atoms with van der Waals surface area (Å²) in [6, 6.07) is 9.72. The van der Waals surface area contributed by atoms with Gasteiger partial charge in [0.25, 0.3) is 10.2 Å². The smallest absolute Gasteiger partial charge is 0.279 e. The van der Waals surface area contributed by atoms with Gasteiger partial charge in [-0.3, -0.25) is 4.68 Å². The van der Waals surface area contributed by atoms with Crippen molar-refractivity contribution in [2.75, 3.05) is 26.3 Å². The van der Waals surface area contributed by atoms with Gasteiger partial charge >= 0.3 is 0 Å². The Morgan fingerprint density at radius 2 is 1.83 bits per heavy atom. The maximum Gasteiger partial charge on any atom is 0.279 e. The van der Waals surface area contributed by atoms with Crippen LogP contribution in [0.4, 0.5) is 0 Å². The molecule has 2 aromatic rings. The Morgan fingerprint density at radius 3 is 2.48 bits per heavy atom. The van der Waals surface area contributed by atoms with E-state index in [9.17, 15) is 8.42 Å². The van der Waals surface area contributed by atoms with Gasteiger partial charge in [-0.05, 0) is 17.2 Å². The molecule has 124 valence electrons. The van der Waals surface area contributed by atoms with Gasteiger partial charge in [-0.1, -0.05) is 24.3 Å². The average molecular weight is 336 g/mol. The summed E-state index contributed by atoms with van der Waals surface area (Å²) in [5.41, 5.74) is 2.04. The first kappa shape index (κ1) is 16.1. The van der Waals surface area contributed by atoms with Crippen molar-refractivity contribution in [3.8, 4) is 0 Å². The summed E-state index contributed by atoms with van der Waals surface area (Å²) >= 11 is 0. The summed E-state index contributed by atoms with van der Waals surface area (Å²) in [5.74, 6) is 0. The summed E-state index contributed by atoms with van der Waals surface area (Å²) < 4.78 is 35.4. The molecule has 1 aliphatic heterocycles. The first-order chi connectivity index (χ1) is 11.1. The summed E-state index contributed by atoms with van der Waals surface area (Å²) in [6.45, 7) is 2.68. The summed E-state index contributed by atoms with van der Waals surface area (Å²) in [4.78, 5) is 0. The molecule has 3 rings (SSSR count). The molecule has 1 aromatic heterocycles. The minimum Gasteiger partial charge on any atom is -0.379 e. The van der Waals surface area contributed by atoms with Gasteiger partial charge in [-0.2, -0.15) is 22.5 Å². The second-order valence-electron chi connectivity index (χ2n) is 5.36. The summed E-state index contributed by atoms with van der Waals surface area (Å²) in [6.07, 6.45) is 3.65. The highest BCUT2D eigenvalue weighted by Crippen LogP contribution is 2.08. The lowest BCUT2D eigenvalue weighted by Gasteiger charge is -2.26. The normalized spacial score (nSPS) is 16.5. The Bertz CT molecular complexity index is 708. The van der Waals surface area contributed by atoms with Gasteiger partial charge in [0.2, 0.25) is 0 Å². The van der Waals surface area contributed by atoms with Gasteiger partial charge in [0.1, 0.15) is 0 Å². The Hall–Kier alpha value is -1.74. The van der Waals surface area contributed by atoms with E-state index in [4.69, 9.17) is 4.74 Å². The Morgan fingerprint density at radius 1 is 1.13 bits per heavy atom. The van der Waals surface area contributed by atoms with E-state index >= 15 is 0 Å². The van der Waals surface area contributed by atoms with E-state index in [1.807, 2.05) is 41.2 Å². The molecule has 0 radical (unpaired) electrons. The minimum atomic E-state index is -3.44. The highest BCUT2D eigenvalue weighted by atomic mass is 32.2. The van der Waals surface area contributed by atoms with Crippen molar-refractivity contribution >= 4 is 10.2 Å². The fourth-order valence-electron chi connectivity index (χ4n) is 2.40. The Labute approximate surface area is 136 Å². The van der Waals surface area contributed by atoms with Crippen LogP contribution in [0, 0.1) is 0 Å². The molecule has 1 N–H and O–H groups in total. The minimum absolute atomic E-state index is 0.280. The van der Waals surface area contributed by atoms with Gasteiger partial charge in [-0.25, -0.2) is 0 Å². The lowest BCUT2D eigenvalue weighted by Crippen LogP contribution is -2.46. The van der Waals surface area contributed by atoms with E-state index in [1.54, 1.807) is 6.20 Å². The van der Waals surface area contributed by atoms with Crippen molar-refractivity contribution in [2.24, 2.45) is 0 Å². The lowest BCUT2D eigenvalue weighted by molar-refractivity contribution is 0.0725.